The zero-order chi connectivity index (χ0) is 17.8. The van der Waals surface area contributed by atoms with E-state index in [1.54, 1.807) is 16.8 Å². The molecule has 1 atom stereocenters. The van der Waals surface area contributed by atoms with Crippen molar-refractivity contribution in [2.45, 2.75) is 52.1 Å². The van der Waals surface area contributed by atoms with Crippen molar-refractivity contribution in [2.24, 2.45) is 0 Å². The van der Waals surface area contributed by atoms with Crippen molar-refractivity contribution < 1.29 is 0 Å². The second-order valence-electron chi connectivity index (χ2n) is 8.31. The first kappa shape index (κ1) is 16.1. The van der Waals surface area contributed by atoms with E-state index in [4.69, 9.17) is 0 Å². The maximum atomic E-state index is 4.57. The summed E-state index contributed by atoms with van der Waals surface area (Å²) in [5.41, 5.74) is 10.1. The number of hydrogen-bond donors (Lipinski definition) is 0. The van der Waals surface area contributed by atoms with Crippen LogP contribution in [-0.2, 0) is 25.9 Å². The molecule has 0 spiro atoms. The van der Waals surface area contributed by atoms with Gasteiger partial charge in [-0.2, -0.15) is 0 Å². The highest BCUT2D eigenvalue weighted by Crippen LogP contribution is 2.39. The van der Waals surface area contributed by atoms with Gasteiger partial charge in [0.2, 0.25) is 0 Å². The van der Waals surface area contributed by atoms with Crippen molar-refractivity contribution in [2.75, 3.05) is 13.6 Å². The van der Waals surface area contributed by atoms with Crippen LogP contribution in [0.15, 0.2) is 30.5 Å². The Kier molecular flexibility index (Phi) is 3.68. The van der Waals surface area contributed by atoms with Crippen molar-refractivity contribution in [3.05, 3.63) is 64.1 Å². The third kappa shape index (κ3) is 2.49. The SMILES string of the molecule is Cc1cc2c3c(c1)c1c(n3CC(c3ccc(C)nc3)CC2)CCN(C)C1. The van der Waals surface area contributed by atoms with Gasteiger partial charge in [0.05, 0.1) is 5.52 Å². The van der Waals surface area contributed by atoms with Crippen LogP contribution in [0.4, 0.5) is 0 Å². The van der Waals surface area contributed by atoms with E-state index in [1.807, 2.05) is 0 Å². The number of pyridine rings is 1. The molecule has 2 aliphatic heterocycles. The molecule has 0 saturated heterocycles. The summed E-state index contributed by atoms with van der Waals surface area (Å²) in [5.74, 6) is 0.551. The molecule has 0 saturated carbocycles. The molecule has 1 aromatic carbocycles. The lowest BCUT2D eigenvalue weighted by molar-refractivity contribution is 0.308. The Morgan fingerprint density at radius 2 is 2.00 bits per heavy atom. The van der Waals surface area contributed by atoms with E-state index in [0.29, 0.717) is 5.92 Å². The summed E-state index contributed by atoms with van der Waals surface area (Å²) in [6.07, 6.45) is 5.63. The van der Waals surface area contributed by atoms with E-state index in [-0.39, 0.29) is 0 Å². The Bertz CT molecular complexity index is 981. The van der Waals surface area contributed by atoms with Crippen LogP contribution in [0.1, 0.15) is 46.0 Å². The molecule has 26 heavy (non-hydrogen) atoms. The molecule has 0 aliphatic carbocycles. The predicted octanol–water partition coefficient (Wildman–Crippen LogP) is 4.37. The van der Waals surface area contributed by atoms with Gasteiger partial charge in [0.25, 0.3) is 0 Å². The molecule has 0 bridgehead atoms. The molecule has 3 aromatic rings. The first-order chi connectivity index (χ1) is 12.6. The number of hydrogen-bond acceptors (Lipinski definition) is 2. The standard InChI is InChI=1S/C23H27N3/c1-15-10-17-6-7-19(18-5-4-16(2)24-12-18)13-26-22-8-9-25(3)14-21(22)20(11-15)23(17)26/h4-5,10-12,19H,6-9,13-14H2,1-3H3. The smallest absolute Gasteiger partial charge is 0.0518 e. The summed E-state index contributed by atoms with van der Waals surface area (Å²) >= 11 is 0. The van der Waals surface area contributed by atoms with E-state index in [1.165, 1.54) is 28.5 Å². The molecule has 0 amide bonds. The van der Waals surface area contributed by atoms with E-state index in [2.05, 4.69) is 65.8 Å². The molecule has 1 unspecified atom stereocenters. The predicted molar refractivity (Wildman–Crippen MR) is 107 cm³/mol. The highest BCUT2D eigenvalue weighted by atomic mass is 15.1. The summed E-state index contributed by atoms with van der Waals surface area (Å²) in [6.45, 7) is 7.65. The van der Waals surface area contributed by atoms with Crippen LogP contribution in [0.3, 0.4) is 0 Å². The summed E-state index contributed by atoms with van der Waals surface area (Å²) in [7, 11) is 2.25. The largest absolute Gasteiger partial charge is 0.343 e. The maximum absolute atomic E-state index is 4.57. The van der Waals surface area contributed by atoms with E-state index in [0.717, 1.165) is 38.2 Å². The van der Waals surface area contributed by atoms with Gasteiger partial charge in [-0.3, -0.25) is 4.98 Å². The summed E-state index contributed by atoms with van der Waals surface area (Å²) in [5, 5.41) is 1.50. The molecule has 134 valence electrons. The lowest BCUT2D eigenvalue weighted by atomic mass is 9.92. The number of likely N-dealkylation sites (N-methyl/N-ethyl adjacent to an activating group) is 1. The fraction of sp³-hybridized carbons (Fsp3) is 0.435. The van der Waals surface area contributed by atoms with E-state index >= 15 is 0 Å². The van der Waals surface area contributed by atoms with E-state index in [9.17, 15) is 0 Å². The Hall–Kier alpha value is -2.13. The minimum Gasteiger partial charge on any atom is -0.343 e. The monoisotopic (exact) mass is 345 g/mol. The first-order valence-electron chi connectivity index (χ1n) is 9.84. The Balaban J connectivity index is 1.68. The molecule has 5 rings (SSSR count). The Morgan fingerprint density at radius 3 is 2.81 bits per heavy atom. The summed E-state index contributed by atoms with van der Waals surface area (Å²) in [6, 6.07) is 9.28. The van der Waals surface area contributed by atoms with Crippen molar-refractivity contribution in [1.29, 1.82) is 0 Å². The minimum absolute atomic E-state index is 0.551. The number of fused-ring (bicyclic) bond motifs is 3. The molecule has 3 heteroatoms. The molecular weight excluding hydrogens is 318 g/mol. The lowest BCUT2D eigenvalue weighted by Gasteiger charge is -2.25. The Morgan fingerprint density at radius 1 is 1.12 bits per heavy atom. The molecule has 0 fully saturated rings. The quantitative estimate of drug-likeness (QED) is 0.653. The fourth-order valence-corrected chi connectivity index (χ4v) is 4.99. The van der Waals surface area contributed by atoms with Crippen LogP contribution in [-0.4, -0.2) is 28.0 Å². The van der Waals surface area contributed by atoms with Gasteiger partial charge in [0, 0.05) is 54.9 Å². The normalized spacial score (nSPS) is 20.2. The van der Waals surface area contributed by atoms with Gasteiger partial charge in [0.15, 0.2) is 0 Å². The molecule has 4 heterocycles. The van der Waals surface area contributed by atoms with Gasteiger partial charge in [-0.15, -0.1) is 0 Å². The molecular formula is C23H27N3. The second-order valence-corrected chi connectivity index (χ2v) is 8.31. The van der Waals surface area contributed by atoms with Crippen molar-refractivity contribution in [3.8, 4) is 0 Å². The number of aromatic nitrogens is 2. The summed E-state index contributed by atoms with van der Waals surface area (Å²) in [4.78, 5) is 7.03. The molecule has 3 nitrogen and oxygen atoms in total. The first-order valence-corrected chi connectivity index (χ1v) is 9.84. The highest BCUT2D eigenvalue weighted by Gasteiger charge is 2.28. The molecule has 2 aromatic heterocycles. The zero-order valence-corrected chi connectivity index (χ0v) is 16.0. The van der Waals surface area contributed by atoms with Gasteiger partial charge in [-0.05, 0) is 62.6 Å². The number of aryl methyl sites for hydroxylation is 3. The van der Waals surface area contributed by atoms with Crippen LogP contribution in [0.2, 0.25) is 0 Å². The number of nitrogens with zero attached hydrogens (tertiary/aromatic N) is 3. The van der Waals surface area contributed by atoms with Gasteiger partial charge < -0.3 is 9.47 Å². The van der Waals surface area contributed by atoms with Gasteiger partial charge in [0.1, 0.15) is 0 Å². The number of rotatable bonds is 1. The Labute approximate surface area is 155 Å². The average Bonchev–Trinajstić information content (AvgIpc) is 2.79. The minimum atomic E-state index is 0.551. The van der Waals surface area contributed by atoms with Crippen LogP contribution in [0.25, 0.3) is 10.9 Å². The van der Waals surface area contributed by atoms with Gasteiger partial charge in [-0.25, -0.2) is 0 Å². The van der Waals surface area contributed by atoms with Crippen molar-refractivity contribution in [1.82, 2.24) is 14.5 Å². The zero-order valence-electron chi connectivity index (χ0n) is 16.0. The molecule has 2 aliphatic rings. The fourth-order valence-electron chi connectivity index (χ4n) is 4.99. The lowest BCUT2D eigenvalue weighted by Crippen LogP contribution is -2.27. The van der Waals surface area contributed by atoms with Crippen LogP contribution in [0, 0.1) is 13.8 Å². The number of benzene rings is 1. The third-order valence-corrected chi connectivity index (χ3v) is 6.33. The molecule has 0 N–H and O–H groups in total. The van der Waals surface area contributed by atoms with E-state index < -0.39 is 0 Å². The summed E-state index contributed by atoms with van der Waals surface area (Å²) < 4.78 is 2.67. The average molecular weight is 345 g/mol. The van der Waals surface area contributed by atoms with Crippen molar-refractivity contribution >= 4 is 10.9 Å². The van der Waals surface area contributed by atoms with Crippen LogP contribution in [0.5, 0.6) is 0 Å². The van der Waals surface area contributed by atoms with Gasteiger partial charge >= 0.3 is 0 Å². The van der Waals surface area contributed by atoms with Crippen LogP contribution < -0.4 is 0 Å². The highest BCUT2D eigenvalue weighted by molar-refractivity contribution is 5.89. The second kappa shape index (κ2) is 5.95. The van der Waals surface area contributed by atoms with Crippen molar-refractivity contribution in [3.63, 3.8) is 0 Å². The van der Waals surface area contributed by atoms with Gasteiger partial charge in [-0.1, -0.05) is 17.7 Å². The van der Waals surface area contributed by atoms with Crippen LogP contribution >= 0.6 is 0 Å². The maximum Gasteiger partial charge on any atom is 0.0518 e. The topological polar surface area (TPSA) is 21.1 Å². The third-order valence-electron chi connectivity index (χ3n) is 6.33. The molecule has 0 radical (unpaired) electrons.